The second-order valence-electron chi connectivity index (χ2n) is 10.8. The molecule has 0 aliphatic carbocycles. The highest BCUT2D eigenvalue weighted by Crippen LogP contribution is 2.29. The number of ether oxygens (including phenoxy) is 1. The van der Waals surface area contributed by atoms with E-state index in [-0.39, 0.29) is 23.5 Å². The first-order valence-corrected chi connectivity index (χ1v) is 14.6. The van der Waals surface area contributed by atoms with Gasteiger partial charge >= 0.3 is 6.09 Å². The lowest BCUT2D eigenvalue weighted by atomic mass is 9.94. The fourth-order valence-corrected chi connectivity index (χ4v) is 5.44. The first-order valence-electron chi connectivity index (χ1n) is 13.7. The van der Waals surface area contributed by atoms with Crippen LogP contribution in [0, 0.1) is 0 Å². The molecule has 1 aliphatic rings. The molecule has 2 atom stereocenters. The Morgan fingerprint density at radius 2 is 1.87 bits per heavy atom. The summed E-state index contributed by atoms with van der Waals surface area (Å²) in [6.07, 6.45) is 1.56. The normalized spacial score (nSPS) is 14.8. The van der Waals surface area contributed by atoms with Crippen LogP contribution in [-0.4, -0.2) is 33.6 Å². The van der Waals surface area contributed by atoms with E-state index in [0.29, 0.717) is 38.0 Å². The summed E-state index contributed by atoms with van der Waals surface area (Å²) in [4.78, 5) is 43.7. The summed E-state index contributed by atoms with van der Waals surface area (Å²) in [7, 11) is 0. The molecular weight excluding hydrogens is 510 g/mol. The lowest BCUT2D eigenvalue weighted by Crippen LogP contribution is -2.45. The summed E-state index contributed by atoms with van der Waals surface area (Å²) in [5, 5.41) is 5.04. The quantitative estimate of drug-likeness (QED) is 0.354. The standard InChI is InChI=1S/C31H39N3O4S/c1-6-21(3)26-18-23-20-33(30(37)38-31(4,5)7-2)16-15-25(23)29(36)34(26)27(22-12-9-8-10-13-22)28(35)32-19-24-14-11-17-39-24/h8-14,17-18,21,27H,6-7,15-16,19-20H2,1-5H3,(H,32,35). The molecule has 208 valence electrons. The maximum Gasteiger partial charge on any atom is 0.410 e. The van der Waals surface area contributed by atoms with Gasteiger partial charge in [0.05, 0.1) is 6.54 Å². The van der Waals surface area contributed by atoms with Crippen molar-refractivity contribution in [2.75, 3.05) is 6.54 Å². The molecule has 7 nitrogen and oxygen atoms in total. The van der Waals surface area contributed by atoms with Crippen molar-refractivity contribution in [3.63, 3.8) is 0 Å². The maximum absolute atomic E-state index is 14.2. The number of hydrogen-bond acceptors (Lipinski definition) is 5. The zero-order valence-electron chi connectivity index (χ0n) is 23.5. The van der Waals surface area contributed by atoms with E-state index in [1.54, 1.807) is 20.8 Å². The van der Waals surface area contributed by atoms with Gasteiger partial charge in [-0.2, -0.15) is 0 Å². The molecule has 2 aromatic heterocycles. The van der Waals surface area contributed by atoms with Gasteiger partial charge in [-0.1, -0.05) is 57.2 Å². The minimum Gasteiger partial charge on any atom is -0.443 e. The number of aromatic nitrogens is 1. The Bertz CT molecular complexity index is 1350. The number of pyridine rings is 1. The Hall–Kier alpha value is -3.39. The molecule has 4 rings (SSSR count). The molecule has 0 bridgehead atoms. The van der Waals surface area contributed by atoms with E-state index in [4.69, 9.17) is 4.74 Å². The van der Waals surface area contributed by atoms with Crippen molar-refractivity contribution in [2.45, 2.75) is 84.5 Å². The smallest absolute Gasteiger partial charge is 0.410 e. The van der Waals surface area contributed by atoms with E-state index in [1.165, 1.54) is 0 Å². The van der Waals surface area contributed by atoms with Crippen LogP contribution >= 0.6 is 11.3 Å². The van der Waals surface area contributed by atoms with E-state index >= 15 is 0 Å². The van der Waals surface area contributed by atoms with Crippen LogP contribution in [0.5, 0.6) is 0 Å². The second kappa shape index (κ2) is 12.2. The van der Waals surface area contributed by atoms with Gasteiger partial charge in [0.15, 0.2) is 0 Å². The zero-order valence-corrected chi connectivity index (χ0v) is 24.3. The Labute approximate surface area is 234 Å². The number of fused-ring (bicyclic) bond motifs is 1. The van der Waals surface area contributed by atoms with Crippen LogP contribution in [0.15, 0.2) is 58.7 Å². The fourth-order valence-electron chi connectivity index (χ4n) is 4.80. The number of thiophene rings is 1. The summed E-state index contributed by atoms with van der Waals surface area (Å²) in [5.41, 5.74) is 2.33. The lowest BCUT2D eigenvalue weighted by Gasteiger charge is -2.34. The van der Waals surface area contributed by atoms with Crippen LogP contribution in [-0.2, 0) is 29.0 Å². The Balaban J connectivity index is 1.75. The average molecular weight is 550 g/mol. The van der Waals surface area contributed by atoms with E-state index < -0.39 is 11.6 Å². The molecule has 3 heterocycles. The van der Waals surface area contributed by atoms with Crippen LogP contribution in [0.3, 0.4) is 0 Å². The molecule has 1 aromatic carbocycles. The van der Waals surface area contributed by atoms with Crippen LogP contribution in [0.4, 0.5) is 4.79 Å². The van der Waals surface area contributed by atoms with Gasteiger partial charge < -0.3 is 15.0 Å². The molecular formula is C31H39N3O4S. The number of carbonyl (C=O) groups excluding carboxylic acids is 2. The molecule has 0 fully saturated rings. The van der Waals surface area contributed by atoms with Gasteiger partial charge in [-0.05, 0) is 67.7 Å². The van der Waals surface area contributed by atoms with Crippen LogP contribution in [0.2, 0.25) is 0 Å². The molecule has 1 N–H and O–H groups in total. The van der Waals surface area contributed by atoms with Crippen molar-refractivity contribution >= 4 is 23.3 Å². The van der Waals surface area contributed by atoms with Crippen LogP contribution in [0.1, 0.15) is 86.7 Å². The molecule has 0 saturated carbocycles. The Morgan fingerprint density at radius 1 is 1.13 bits per heavy atom. The number of benzene rings is 1. The predicted octanol–water partition coefficient (Wildman–Crippen LogP) is 6.01. The van der Waals surface area contributed by atoms with Crippen molar-refractivity contribution < 1.29 is 14.3 Å². The van der Waals surface area contributed by atoms with E-state index in [9.17, 15) is 14.4 Å². The van der Waals surface area contributed by atoms with Gasteiger partial charge in [0, 0.05) is 29.2 Å². The first-order chi connectivity index (χ1) is 18.6. The predicted molar refractivity (Wildman–Crippen MR) is 155 cm³/mol. The molecule has 2 unspecified atom stereocenters. The zero-order chi connectivity index (χ0) is 28.2. The fraction of sp³-hybridized carbons (Fsp3) is 0.452. The molecule has 1 aliphatic heterocycles. The van der Waals surface area contributed by atoms with Gasteiger partial charge in [-0.25, -0.2) is 4.79 Å². The topological polar surface area (TPSA) is 80.6 Å². The Kier molecular flexibility index (Phi) is 8.95. The van der Waals surface area contributed by atoms with Crippen LogP contribution in [0.25, 0.3) is 0 Å². The highest BCUT2D eigenvalue weighted by atomic mass is 32.1. The minimum absolute atomic E-state index is 0.0284. The Morgan fingerprint density at radius 3 is 2.51 bits per heavy atom. The minimum atomic E-state index is -0.804. The van der Waals surface area contributed by atoms with E-state index in [1.807, 2.05) is 74.7 Å². The van der Waals surface area contributed by atoms with Crippen molar-refractivity contribution in [1.82, 2.24) is 14.8 Å². The summed E-state index contributed by atoms with van der Waals surface area (Å²) in [6, 6.07) is 14.6. The van der Waals surface area contributed by atoms with Gasteiger partial charge in [-0.15, -0.1) is 11.3 Å². The molecule has 8 heteroatoms. The van der Waals surface area contributed by atoms with E-state index in [0.717, 1.165) is 28.1 Å². The SMILES string of the molecule is CCC(C)c1cc2c(c(=O)n1C(C(=O)NCc1cccs1)c1ccccc1)CCN(C(=O)OC(C)(C)CC)C2. The van der Waals surface area contributed by atoms with Crippen molar-refractivity contribution in [1.29, 1.82) is 0 Å². The number of carbonyl (C=O) groups is 2. The van der Waals surface area contributed by atoms with Crippen molar-refractivity contribution in [2.24, 2.45) is 0 Å². The molecule has 39 heavy (non-hydrogen) atoms. The molecule has 3 aromatic rings. The van der Waals surface area contributed by atoms with Crippen LogP contribution < -0.4 is 10.9 Å². The highest BCUT2D eigenvalue weighted by Gasteiger charge is 2.33. The third-order valence-corrected chi connectivity index (χ3v) is 8.56. The third-order valence-electron chi connectivity index (χ3n) is 7.69. The summed E-state index contributed by atoms with van der Waals surface area (Å²) in [5.74, 6) is -0.190. The van der Waals surface area contributed by atoms with Gasteiger partial charge in [0.2, 0.25) is 5.91 Å². The van der Waals surface area contributed by atoms with Gasteiger partial charge in [-0.3, -0.25) is 14.2 Å². The summed E-state index contributed by atoms with van der Waals surface area (Å²) >= 11 is 1.58. The number of rotatable bonds is 9. The molecule has 0 radical (unpaired) electrons. The number of nitrogens with one attached hydrogen (secondary N) is 1. The van der Waals surface area contributed by atoms with E-state index in [2.05, 4.69) is 19.2 Å². The third kappa shape index (κ3) is 6.44. The van der Waals surface area contributed by atoms with Crippen molar-refractivity contribution in [3.05, 3.63) is 91.5 Å². The summed E-state index contributed by atoms with van der Waals surface area (Å²) in [6.45, 7) is 11.0. The van der Waals surface area contributed by atoms with Crippen molar-refractivity contribution in [3.8, 4) is 0 Å². The first kappa shape index (κ1) is 28.6. The number of amides is 2. The lowest BCUT2D eigenvalue weighted by molar-refractivity contribution is -0.123. The highest BCUT2D eigenvalue weighted by molar-refractivity contribution is 7.09. The number of nitrogens with zero attached hydrogens (tertiary/aromatic N) is 2. The average Bonchev–Trinajstić information content (AvgIpc) is 3.46. The largest absolute Gasteiger partial charge is 0.443 e. The molecule has 0 saturated heterocycles. The van der Waals surface area contributed by atoms with Gasteiger partial charge in [0.25, 0.3) is 5.56 Å². The second-order valence-corrected chi connectivity index (χ2v) is 11.9. The number of hydrogen-bond donors (Lipinski definition) is 1. The van der Waals surface area contributed by atoms with Gasteiger partial charge in [0.1, 0.15) is 11.6 Å². The molecule has 2 amide bonds. The monoisotopic (exact) mass is 549 g/mol. The maximum atomic E-state index is 14.2. The summed E-state index contributed by atoms with van der Waals surface area (Å²) < 4.78 is 7.43. The molecule has 0 spiro atoms.